The summed E-state index contributed by atoms with van der Waals surface area (Å²) in [6.07, 6.45) is 2.48. The molecule has 0 aromatic heterocycles. The molecule has 1 aliphatic heterocycles. The zero-order valence-corrected chi connectivity index (χ0v) is 14.0. The summed E-state index contributed by atoms with van der Waals surface area (Å²) in [7, 11) is 0. The molecule has 2 rings (SSSR count). The van der Waals surface area contributed by atoms with Crippen molar-refractivity contribution in [3.8, 4) is 11.5 Å². The molecule has 22 heavy (non-hydrogen) atoms. The second kappa shape index (κ2) is 8.80. The van der Waals surface area contributed by atoms with Crippen LogP contribution in [0.15, 0.2) is 18.2 Å². The summed E-state index contributed by atoms with van der Waals surface area (Å²) in [4.78, 5) is 0. The average molecular weight is 324 g/mol. The van der Waals surface area contributed by atoms with Crippen LogP contribution in [0.2, 0.25) is 0 Å². The molecule has 1 atom stereocenters. The third kappa shape index (κ3) is 5.03. The predicted molar refractivity (Wildman–Crippen MR) is 92.0 cm³/mol. The van der Waals surface area contributed by atoms with Crippen molar-refractivity contribution < 1.29 is 14.2 Å². The van der Waals surface area contributed by atoms with Gasteiger partial charge in [0.1, 0.15) is 0 Å². The van der Waals surface area contributed by atoms with Gasteiger partial charge in [-0.05, 0) is 51.0 Å². The highest BCUT2D eigenvalue weighted by Crippen LogP contribution is 2.30. The first kappa shape index (κ1) is 16.8. The molecule has 1 aromatic rings. The first-order valence-electron chi connectivity index (χ1n) is 7.79. The van der Waals surface area contributed by atoms with Gasteiger partial charge in [0.25, 0.3) is 0 Å². The minimum Gasteiger partial charge on any atom is -0.490 e. The van der Waals surface area contributed by atoms with Gasteiger partial charge < -0.3 is 24.8 Å². The second-order valence-electron chi connectivity index (χ2n) is 5.00. The molecule has 0 bridgehead atoms. The Morgan fingerprint density at radius 1 is 1.27 bits per heavy atom. The van der Waals surface area contributed by atoms with Crippen LogP contribution in [-0.4, -0.2) is 37.6 Å². The monoisotopic (exact) mass is 324 g/mol. The van der Waals surface area contributed by atoms with Crippen molar-refractivity contribution in [1.82, 2.24) is 5.32 Å². The summed E-state index contributed by atoms with van der Waals surface area (Å²) in [5.41, 5.74) is 0.872. The van der Waals surface area contributed by atoms with Gasteiger partial charge in [0.15, 0.2) is 16.6 Å². The summed E-state index contributed by atoms with van der Waals surface area (Å²) >= 11 is 5.31. The number of thiocarbonyl (C=S) groups is 1. The summed E-state index contributed by atoms with van der Waals surface area (Å²) in [6.45, 7) is 6.68. The Hall–Kier alpha value is -1.53. The summed E-state index contributed by atoms with van der Waals surface area (Å²) in [5.74, 6) is 1.46. The van der Waals surface area contributed by atoms with E-state index in [-0.39, 0.29) is 6.10 Å². The Morgan fingerprint density at radius 2 is 2.05 bits per heavy atom. The van der Waals surface area contributed by atoms with Crippen molar-refractivity contribution in [3.05, 3.63) is 18.2 Å². The zero-order chi connectivity index (χ0) is 15.8. The molecule has 1 aromatic carbocycles. The van der Waals surface area contributed by atoms with Gasteiger partial charge in [-0.3, -0.25) is 0 Å². The van der Waals surface area contributed by atoms with E-state index in [0.29, 0.717) is 18.3 Å². The van der Waals surface area contributed by atoms with Crippen molar-refractivity contribution in [2.75, 3.05) is 31.7 Å². The minimum absolute atomic E-state index is 0.263. The predicted octanol–water partition coefficient (Wildman–Crippen LogP) is 2.95. The van der Waals surface area contributed by atoms with Crippen LogP contribution in [0, 0.1) is 0 Å². The van der Waals surface area contributed by atoms with Gasteiger partial charge in [0.2, 0.25) is 0 Å². The lowest BCUT2D eigenvalue weighted by Gasteiger charge is -2.16. The number of benzene rings is 1. The summed E-state index contributed by atoms with van der Waals surface area (Å²) in [5, 5.41) is 6.94. The molecule has 0 spiro atoms. The maximum atomic E-state index is 5.60. The molecule has 1 aliphatic rings. The van der Waals surface area contributed by atoms with E-state index in [1.54, 1.807) is 0 Å². The van der Waals surface area contributed by atoms with Gasteiger partial charge in [0.05, 0.1) is 19.3 Å². The molecule has 0 unspecified atom stereocenters. The van der Waals surface area contributed by atoms with Crippen LogP contribution in [0.5, 0.6) is 11.5 Å². The summed E-state index contributed by atoms with van der Waals surface area (Å²) in [6, 6.07) is 5.71. The second-order valence-corrected chi connectivity index (χ2v) is 5.41. The molecule has 1 saturated heterocycles. The SMILES string of the molecule is CCOc1ccc(NC(=S)NC[C@H]2CCCO2)cc1OCC. The maximum Gasteiger partial charge on any atom is 0.170 e. The van der Waals surface area contributed by atoms with E-state index < -0.39 is 0 Å². The van der Waals surface area contributed by atoms with Crippen molar-refractivity contribution in [2.24, 2.45) is 0 Å². The average Bonchev–Trinajstić information content (AvgIpc) is 3.02. The number of rotatable bonds is 7. The van der Waals surface area contributed by atoms with Crippen LogP contribution in [0.4, 0.5) is 5.69 Å². The highest BCUT2D eigenvalue weighted by Gasteiger charge is 2.15. The van der Waals surface area contributed by atoms with Crippen LogP contribution in [0.25, 0.3) is 0 Å². The van der Waals surface area contributed by atoms with Crippen molar-refractivity contribution in [3.63, 3.8) is 0 Å². The third-order valence-electron chi connectivity index (χ3n) is 3.32. The molecule has 0 saturated carbocycles. The normalized spacial score (nSPS) is 17.1. The van der Waals surface area contributed by atoms with Gasteiger partial charge in [-0.15, -0.1) is 0 Å². The fourth-order valence-corrected chi connectivity index (χ4v) is 2.52. The maximum absolute atomic E-state index is 5.60. The Labute approximate surface area is 137 Å². The Kier molecular flexibility index (Phi) is 6.74. The highest BCUT2D eigenvalue weighted by molar-refractivity contribution is 7.80. The van der Waals surface area contributed by atoms with E-state index in [9.17, 15) is 0 Å². The minimum atomic E-state index is 0.263. The number of ether oxygens (including phenoxy) is 3. The fraction of sp³-hybridized carbons (Fsp3) is 0.562. The van der Waals surface area contributed by atoms with E-state index in [1.165, 1.54) is 0 Å². The van der Waals surface area contributed by atoms with Crippen LogP contribution in [-0.2, 0) is 4.74 Å². The van der Waals surface area contributed by atoms with Crippen LogP contribution < -0.4 is 20.1 Å². The van der Waals surface area contributed by atoms with Crippen molar-refractivity contribution in [1.29, 1.82) is 0 Å². The van der Waals surface area contributed by atoms with Crippen LogP contribution in [0.3, 0.4) is 0 Å². The molecular weight excluding hydrogens is 300 g/mol. The van der Waals surface area contributed by atoms with Gasteiger partial charge in [-0.1, -0.05) is 0 Å². The largest absolute Gasteiger partial charge is 0.490 e. The molecule has 0 aliphatic carbocycles. The number of hydrogen-bond acceptors (Lipinski definition) is 4. The molecule has 6 heteroatoms. The van der Waals surface area contributed by atoms with E-state index >= 15 is 0 Å². The van der Waals surface area contributed by atoms with Crippen LogP contribution in [0.1, 0.15) is 26.7 Å². The standard InChI is InChI=1S/C16H24N2O3S/c1-3-19-14-8-7-12(10-15(14)20-4-2)18-16(22)17-11-13-6-5-9-21-13/h7-8,10,13H,3-6,9,11H2,1-2H3,(H2,17,18,22)/t13-/m1/s1. The third-order valence-corrected chi connectivity index (χ3v) is 3.56. The van der Waals surface area contributed by atoms with Crippen LogP contribution >= 0.6 is 12.2 Å². The lowest BCUT2D eigenvalue weighted by atomic mass is 10.2. The molecule has 1 fully saturated rings. The Morgan fingerprint density at radius 3 is 2.73 bits per heavy atom. The Bertz CT molecular complexity index is 490. The first-order chi connectivity index (χ1) is 10.7. The van der Waals surface area contributed by atoms with Gasteiger partial charge >= 0.3 is 0 Å². The summed E-state index contributed by atoms with van der Waals surface area (Å²) < 4.78 is 16.7. The molecule has 5 nitrogen and oxygen atoms in total. The van der Waals surface area contributed by atoms with Gasteiger partial charge in [-0.25, -0.2) is 0 Å². The molecule has 2 N–H and O–H groups in total. The molecular formula is C16H24N2O3S. The Balaban J connectivity index is 1.90. The molecule has 0 amide bonds. The first-order valence-corrected chi connectivity index (χ1v) is 8.19. The molecule has 0 radical (unpaired) electrons. The highest BCUT2D eigenvalue weighted by atomic mass is 32.1. The number of anilines is 1. The number of hydrogen-bond donors (Lipinski definition) is 2. The van der Waals surface area contributed by atoms with Gasteiger partial charge in [-0.2, -0.15) is 0 Å². The quantitative estimate of drug-likeness (QED) is 0.752. The molecule has 1 heterocycles. The van der Waals surface area contributed by atoms with E-state index in [4.69, 9.17) is 26.4 Å². The fourth-order valence-electron chi connectivity index (χ4n) is 2.32. The topological polar surface area (TPSA) is 51.8 Å². The van der Waals surface area contributed by atoms with Crippen molar-refractivity contribution >= 4 is 23.0 Å². The zero-order valence-electron chi connectivity index (χ0n) is 13.2. The lowest BCUT2D eigenvalue weighted by Crippen LogP contribution is -2.34. The lowest BCUT2D eigenvalue weighted by molar-refractivity contribution is 0.114. The van der Waals surface area contributed by atoms with E-state index in [2.05, 4.69) is 10.6 Å². The molecule has 122 valence electrons. The smallest absolute Gasteiger partial charge is 0.170 e. The van der Waals surface area contributed by atoms with E-state index in [0.717, 1.165) is 43.2 Å². The van der Waals surface area contributed by atoms with E-state index in [1.807, 2.05) is 32.0 Å². The van der Waals surface area contributed by atoms with Crippen molar-refractivity contribution in [2.45, 2.75) is 32.8 Å². The number of nitrogens with one attached hydrogen (secondary N) is 2. The van der Waals surface area contributed by atoms with Gasteiger partial charge in [0, 0.05) is 24.9 Å².